The van der Waals surface area contributed by atoms with Crippen LogP contribution in [0.2, 0.25) is 0 Å². The number of hydrogen-bond acceptors (Lipinski definition) is 5. The molecule has 0 radical (unpaired) electrons. The molecule has 1 unspecified atom stereocenters. The van der Waals surface area contributed by atoms with Crippen molar-refractivity contribution in [2.45, 2.75) is 26.1 Å². The van der Waals surface area contributed by atoms with E-state index in [0.717, 1.165) is 0 Å². The van der Waals surface area contributed by atoms with Crippen LogP contribution in [0.3, 0.4) is 0 Å². The van der Waals surface area contributed by atoms with Crippen molar-refractivity contribution >= 4 is 5.82 Å². The van der Waals surface area contributed by atoms with Gasteiger partial charge >= 0.3 is 5.69 Å². The highest BCUT2D eigenvalue weighted by molar-refractivity contribution is 5.43. The Morgan fingerprint density at radius 2 is 1.96 bits per heavy atom. The van der Waals surface area contributed by atoms with Gasteiger partial charge in [0, 0.05) is 18.7 Å². The number of aromatic nitrogens is 2. The Morgan fingerprint density at radius 3 is 2.71 bits per heavy atom. The molecule has 144 valence electrons. The van der Waals surface area contributed by atoms with Crippen LogP contribution in [0.5, 0.6) is 17.4 Å². The lowest BCUT2D eigenvalue weighted by molar-refractivity contribution is 0.290. The third-order valence-electron chi connectivity index (χ3n) is 4.26. The normalized spacial score (nSPS) is 15.0. The summed E-state index contributed by atoms with van der Waals surface area (Å²) >= 11 is 0. The van der Waals surface area contributed by atoms with E-state index >= 15 is 0 Å². The summed E-state index contributed by atoms with van der Waals surface area (Å²) in [4.78, 5) is 15.9. The maximum atomic E-state index is 14.3. The summed E-state index contributed by atoms with van der Waals surface area (Å²) in [5.74, 6) is 0.186. The molecule has 8 heteroatoms. The average molecular weight is 385 g/mol. The highest BCUT2D eigenvalue weighted by atomic mass is 19.1. The molecule has 1 aliphatic heterocycles. The fourth-order valence-corrected chi connectivity index (χ4v) is 2.93. The molecule has 0 aliphatic carbocycles. The van der Waals surface area contributed by atoms with Gasteiger partial charge in [-0.3, -0.25) is 4.57 Å². The van der Waals surface area contributed by atoms with E-state index in [0.29, 0.717) is 23.7 Å². The van der Waals surface area contributed by atoms with Gasteiger partial charge in [0.1, 0.15) is 24.0 Å². The highest BCUT2D eigenvalue weighted by Crippen LogP contribution is 2.26. The Balaban J connectivity index is 1.44. The molecule has 6 nitrogen and oxygen atoms in total. The molecule has 1 aromatic heterocycles. The molecule has 4 rings (SSSR count). The first-order chi connectivity index (χ1) is 13.5. The number of nitrogens with one attached hydrogen (secondary N) is 1. The molecule has 1 atom stereocenters. The van der Waals surface area contributed by atoms with Crippen molar-refractivity contribution < 1.29 is 18.3 Å². The number of rotatable bonds is 5. The minimum Gasteiger partial charge on any atom is -0.473 e. The van der Waals surface area contributed by atoms with E-state index in [1.54, 1.807) is 16.7 Å². The second-order valence-corrected chi connectivity index (χ2v) is 6.53. The number of anilines is 1. The summed E-state index contributed by atoms with van der Waals surface area (Å²) in [6, 6.07) is 11.5. The van der Waals surface area contributed by atoms with Crippen LogP contribution in [-0.2, 0) is 13.2 Å². The lowest BCUT2D eigenvalue weighted by Crippen LogP contribution is -2.22. The molecular weight excluding hydrogens is 368 g/mol. The quantitative estimate of drug-likeness (QED) is 0.725. The van der Waals surface area contributed by atoms with Crippen LogP contribution in [0.1, 0.15) is 12.5 Å². The van der Waals surface area contributed by atoms with Crippen LogP contribution in [0.15, 0.2) is 53.3 Å². The Kier molecular flexibility index (Phi) is 4.68. The van der Waals surface area contributed by atoms with Crippen LogP contribution >= 0.6 is 0 Å². The number of nitrogens with zero attached hydrogens (tertiary/aromatic N) is 2. The van der Waals surface area contributed by atoms with E-state index in [1.165, 1.54) is 36.4 Å². The summed E-state index contributed by atoms with van der Waals surface area (Å²) in [6.07, 6.45) is 0. The molecule has 0 bridgehead atoms. The van der Waals surface area contributed by atoms with Crippen molar-refractivity contribution in [3.8, 4) is 17.4 Å². The number of benzene rings is 2. The number of fused-ring (bicyclic) bond motifs is 1. The van der Waals surface area contributed by atoms with Crippen LogP contribution in [-0.4, -0.2) is 15.6 Å². The molecule has 1 N–H and O–H groups in total. The predicted octanol–water partition coefficient (Wildman–Crippen LogP) is 3.71. The van der Waals surface area contributed by atoms with Gasteiger partial charge in [0.05, 0.1) is 0 Å². The molecule has 3 aromatic rings. The maximum absolute atomic E-state index is 14.3. The van der Waals surface area contributed by atoms with Gasteiger partial charge in [-0.25, -0.2) is 13.6 Å². The Labute approximate surface area is 159 Å². The van der Waals surface area contributed by atoms with Gasteiger partial charge in [0.25, 0.3) is 0 Å². The lowest BCUT2D eigenvalue weighted by atomic mass is 10.2. The molecule has 1 aliphatic rings. The van der Waals surface area contributed by atoms with Gasteiger partial charge in [-0.15, -0.1) is 0 Å². The fraction of sp³-hybridized carbons (Fsp3) is 0.200. The van der Waals surface area contributed by atoms with Gasteiger partial charge in [-0.05, 0) is 48.9 Å². The first-order valence-electron chi connectivity index (χ1n) is 8.71. The van der Waals surface area contributed by atoms with Crippen molar-refractivity contribution in [3.05, 3.63) is 76.2 Å². The summed E-state index contributed by atoms with van der Waals surface area (Å²) in [6.45, 7) is 2.56. The van der Waals surface area contributed by atoms with E-state index in [2.05, 4.69) is 10.3 Å². The monoisotopic (exact) mass is 385 g/mol. The van der Waals surface area contributed by atoms with Crippen molar-refractivity contribution in [1.82, 2.24) is 9.55 Å². The molecule has 0 saturated heterocycles. The van der Waals surface area contributed by atoms with E-state index in [9.17, 15) is 13.6 Å². The number of ether oxygens (including phenoxy) is 2. The van der Waals surface area contributed by atoms with Crippen LogP contribution in [0, 0.1) is 11.6 Å². The van der Waals surface area contributed by atoms with Gasteiger partial charge in [0.15, 0.2) is 11.6 Å². The average Bonchev–Trinajstić information content (AvgIpc) is 3.05. The van der Waals surface area contributed by atoms with Crippen molar-refractivity contribution in [2.24, 2.45) is 0 Å². The molecule has 0 saturated carbocycles. The van der Waals surface area contributed by atoms with E-state index in [-0.39, 0.29) is 24.3 Å². The zero-order chi connectivity index (χ0) is 19.7. The van der Waals surface area contributed by atoms with E-state index < -0.39 is 17.3 Å². The summed E-state index contributed by atoms with van der Waals surface area (Å²) in [7, 11) is 0. The highest BCUT2D eigenvalue weighted by Gasteiger charge is 2.19. The molecule has 0 spiro atoms. The van der Waals surface area contributed by atoms with Crippen LogP contribution in [0.4, 0.5) is 14.6 Å². The Morgan fingerprint density at radius 1 is 1.18 bits per heavy atom. The molecule has 2 heterocycles. The Hall–Kier alpha value is -3.42. The number of halogens is 2. The SMILES string of the molecule is CC1Cn2c(cc(OCc3ccc(Oc4ccc(F)cc4)c(F)c3)nc2=O)N1. The number of hydrogen-bond donors (Lipinski definition) is 1. The van der Waals surface area contributed by atoms with Crippen molar-refractivity contribution in [3.63, 3.8) is 0 Å². The first-order valence-corrected chi connectivity index (χ1v) is 8.71. The second-order valence-electron chi connectivity index (χ2n) is 6.53. The zero-order valence-corrected chi connectivity index (χ0v) is 15.0. The topological polar surface area (TPSA) is 65.4 Å². The zero-order valence-electron chi connectivity index (χ0n) is 15.0. The minimum absolute atomic E-state index is 0.0162. The smallest absolute Gasteiger partial charge is 0.352 e. The van der Waals surface area contributed by atoms with E-state index in [4.69, 9.17) is 9.47 Å². The predicted molar refractivity (Wildman–Crippen MR) is 98.8 cm³/mol. The lowest BCUT2D eigenvalue weighted by Gasteiger charge is -2.10. The van der Waals surface area contributed by atoms with Gasteiger partial charge in [-0.1, -0.05) is 6.07 Å². The third-order valence-corrected chi connectivity index (χ3v) is 4.26. The van der Waals surface area contributed by atoms with Crippen LogP contribution in [0.25, 0.3) is 0 Å². The maximum Gasteiger partial charge on any atom is 0.352 e. The van der Waals surface area contributed by atoms with E-state index in [1.807, 2.05) is 6.92 Å². The minimum atomic E-state index is -0.581. The largest absolute Gasteiger partial charge is 0.473 e. The molecule has 2 aromatic carbocycles. The summed E-state index contributed by atoms with van der Waals surface area (Å²) in [5, 5.41) is 3.16. The Bertz CT molecular complexity index is 1070. The van der Waals surface area contributed by atoms with Crippen LogP contribution < -0.4 is 20.5 Å². The first kappa shape index (κ1) is 18.0. The van der Waals surface area contributed by atoms with Gasteiger partial charge < -0.3 is 14.8 Å². The van der Waals surface area contributed by atoms with Gasteiger partial charge in [0.2, 0.25) is 5.88 Å². The van der Waals surface area contributed by atoms with Crippen molar-refractivity contribution in [2.75, 3.05) is 5.32 Å². The molecule has 0 fully saturated rings. The summed E-state index contributed by atoms with van der Waals surface area (Å²) < 4.78 is 39.7. The molecular formula is C20H17F2N3O3. The molecule has 0 amide bonds. The fourth-order valence-electron chi connectivity index (χ4n) is 2.93. The second kappa shape index (κ2) is 7.30. The standard InChI is InChI=1S/C20H17F2N3O3/c1-12-10-25-18(23-12)9-19(24-20(25)26)27-11-13-2-7-17(16(22)8-13)28-15-5-3-14(21)4-6-15/h2-9,12,23H,10-11H2,1H3. The third kappa shape index (κ3) is 3.80. The molecule has 28 heavy (non-hydrogen) atoms. The van der Waals surface area contributed by atoms with Crippen molar-refractivity contribution in [1.29, 1.82) is 0 Å². The van der Waals surface area contributed by atoms with Gasteiger partial charge in [-0.2, -0.15) is 4.98 Å². The summed E-state index contributed by atoms with van der Waals surface area (Å²) in [5.41, 5.74) is 0.159.